The summed E-state index contributed by atoms with van der Waals surface area (Å²) in [5.74, 6) is 0.126. The average molecular weight is 295 g/mol. The monoisotopic (exact) mass is 295 g/mol. The van der Waals surface area contributed by atoms with Crippen LogP contribution in [0.2, 0.25) is 0 Å². The number of aromatic nitrogens is 3. The number of nitrogens with one attached hydrogen (secondary N) is 1. The van der Waals surface area contributed by atoms with Gasteiger partial charge in [0.1, 0.15) is 9.88 Å². The van der Waals surface area contributed by atoms with Crippen molar-refractivity contribution >= 4 is 33.0 Å². The number of hydrogen-bond donors (Lipinski definition) is 2. The second-order valence-electron chi connectivity index (χ2n) is 3.46. The Bertz CT molecular complexity index is 686. The lowest BCUT2D eigenvalue weighted by Gasteiger charge is -2.06. The maximum atomic E-state index is 12.0. The molecular formula is C10H9N5O2S2. The Balaban J connectivity index is 2.27. The number of nitrogens with zero attached hydrogens (tertiary/aromatic N) is 3. The van der Waals surface area contributed by atoms with Gasteiger partial charge in [-0.2, -0.15) is 5.10 Å². The van der Waals surface area contributed by atoms with Crippen LogP contribution in [-0.2, 0) is 10.0 Å². The van der Waals surface area contributed by atoms with Crippen molar-refractivity contribution < 1.29 is 8.42 Å². The second-order valence-corrected chi connectivity index (χ2v) is 5.58. The van der Waals surface area contributed by atoms with Crippen molar-refractivity contribution in [2.24, 2.45) is 5.73 Å². The van der Waals surface area contributed by atoms with E-state index in [9.17, 15) is 8.42 Å². The highest BCUT2D eigenvalue weighted by molar-refractivity contribution is 7.92. The Hall–Kier alpha value is -2.13. The number of pyridine rings is 1. The van der Waals surface area contributed by atoms with Gasteiger partial charge in [-0.05, 0) is 24.3 Å². The van der Waals surface area contributed by atoms with Crippen LogP contribution in [0.5, 0.6) is 0 Å². The Morgan fingerprint density at radius 3 is 2.63 bits per heavy atom. The smallest absolute Gasteiger partial charge is 0.264 e. The number of nitrogens with two attached hydrogens (primary N) is 1. The molecule has 3 N–H and O–H groups in total. The Morgan fingerprint density at radius 2 is 2.11 bits per heavy atom. The predicted octanol–water partition coefficient (Wildman–Crippen LogP) is 0.307. The van der Waals surface area contributed by atoms with Crippen LogP contribution >= 0.6 is 12.2 Å². The molecule has 0 saturated carbocycles. The van der Waals surface area contributed by atoms with E-state index in [1.54, 1.807) is 6.07 Å². The van der Waals surface area contributed by atoms with Gasteiger partial charge in [-0.3, -0.25) is 9.71 Å². The normalized spacial score (nSPS) is 10.9. The van der Waals surface area contributed by atoms with E-state index in [2.05, 4.69) is 19.9 Å². The first kappa shape index (κ1) is 13.3. The third-order valence-electron chi connectivity index (χ3n) is 2.11. The van der Waals surface area contributed by atoms with E-state index >= 15 is 0 Å². The van der Waals surface area contributed by atoms with Crippen LogP contribution in [0, 0.1) is 0 Å². The number of rotatable bonds is 4. The Labute approximate surface area is 114 Å². The van der Waals surface area contributed by atoms with Gasteiger partial charge in [0.15, 0.2) is 5.82 Å². The first-order valence-electron chi connectivity index (χ1n) is 5.05. The lowest BCUT2D eigenvalue weighted by Crippen LogP contribution is -2.16. The fourth-order valence-corrected chi connectivity index (χ4v) is 2.30. The van der Waals surface area contributed by atoms with Crippen molar-refractivity contribution in [3.05, 3.63) is 42.4 Å². The van der Waals surface area contributed by atoms with Crippen molar-refractivity contribution in [3.63, 3.8) is 0 Å². The van der Waals surface area contributed by atoms with Gasteiger partial charge in [0.05, 0.1) is 5.69 Å². The molecule has 19 heavy (non-hydrogen) atoms. The van der Waals surface area contributed by atoms with Crippen molar-refractivity contribution in [2.75, 3.05) is 4.72 Å². The number of thiocarbonyl (C=S) groups is 1. The van der Waals surface area contributed by atoms with Gasteiger partial charge in [-0.25, -0.2) is 8.42 Å². The maximum Gasteiger partial charge on any atom is 0.264 e. The summed E-state index contributed by atoms with van der Waals surface area (Å²) in [4.78, 5) is 3.95. The largest absolute Gasteiger partial charge is 0.388 e. The zero-order valence-electron chi connectivity index (χ0n) is 9.52. The molecule has 0 saturated heterocycles. The van der Waals surface area contributed by atoms with Crippen LogP contribution in [0.3, 0.4) is 0 Å². The van der Waals surface area contributed by atoms with Gasteiger partial charge in [-0.1, -0.05) is 12.2 Å². The fraction of sp³-hybridized carbons (Fsp3) is 0. The minimum Gasteiger partial charge on any atom is -0.388 e. The molecule has 7 nitrogen and oxygen atoms in total. The molecule has 2 heterocycles. The van der Waals surface area contributed by atoms with Gasteiger partial charge in [-0.15, -0.1) is 5.10 Å². The Kier molecular flexibility index (Phi) is 3.67. The SMILES string of the molecule is NC(=S)c1ccc(S(=O)(=O)Nc2cccnn2)cn1. The molecule has 0 atom stereocenters. The van der Waals surface area contributed by atoms with Gasteiger partial charge in [0.2, 0.25) is 0 Å². The van der Waals surface area contributed by atoms with Crippen molar-refractivity contribution in [1.29, 1.82) is 0 Å². The summed E-state index contributed by atoms with van der Waals surface area (Å²) in [6.07, 6.45) is 2.61. The number of hydrogen-bond acceptors (Lipinski definition) is 6. The zero-order chi connectivity index (χ0) is 13.9. The topological polar surface area (TPSA) is 111 Å². The van der Waals surface area contributed by atoms with E-state index in [1.165, 1.54) is 30.6 Å². The van der Waals surface area contributed by atoms with Crippen molar-refractivity contribution in [2.45, 2.75) is 4.90 Å². The van der Waals surface area contributed by atoms with E-state index in [0.717, 1.165) is 0 Å². The molecule has 2 rings (SSSR count). The van der Waals surface area contributed by atoms with E-state index in [4.69, 9.17) is 18.0 Å². The van der Waals surface area contributed by atoms with E-state index < -0.39 is 10.0 Å². The van der Waals surface area contributed by atoms with E-state index in [0.29, 0.717) is 5.69 Å². The van der Waals surface area contributed by atoms with Gasteiger partial charge in [0, 0.05) is 12.4 Å². The number of anilines is 1. The first-order valence-corrected chi connectivity index (χ1v) is 6.94. The Morgan fingerprint density at radius 1 is 1.32 bits per heavy atom. The molecule has 98 valence electrons. The van der Waals surface area contributed by atoms with Crippen LogP contribution in [0.4, 0.5) is 5.82 Å². The van der Waals surface area contributed by atoms with E-state index in [-0.39, 0.29) is 15.7 Å². The molecule has 0 fully saturated rings. The summed E-state index contributed by atoms with van der Waals surface area (Å²) in [6.45, 7) is 0. The van der Waals surface area contributed by atoms with Gasteiger partial charge >= 0.3 is 0 Å². The standard InChI is InChI=1S/C10H9N5O2S2/c11-10(18)8-4-3-7(6-12-8)19(16,17)15-9-2-1-5-13-14-9/h1-6H,(H2,11,18)(H,14,15). The molecule has 0 aromatic carbocycles. The molecule has 0 radical (unpaired) electrons. The van der Waals surface area contributed by atoms with Crippen molar-refractivity contribution in [1.82, 2.24) is 15.2 Å². The third kappa shape index (κ3) is 3.20. The molecule has 0 aliphatic rings. The molecule has 0 spiro atoms. The van der Waals surface area contributed by atoms with Crippen LogP contribution in [0.15, 0.2) is 41.6 Å². The molecule has 0 bridgehead atoms. The maximum absolute atomic E-state index is 12.0. The fourth-order valence-electron chi connectivity index (χ4n) is 1.24. The molecule has 9 heteroatoms. The first-order chi connectivity index (χ1) is 8.99. The second kappa shape index (κ2) is 5.24. The summed E-state index contributed by atoms with van der Waals surface area (Å²) < 4.78 is 26.3. The molecule has 0 aliphatic carbocycles. The van der Waals surface area contributed by atoms with Crippen LogP contribution in [-0.4, -0.2) is 28.6 Å². The highest BCUT2D eigenvalue weighted by Crippen LogP contribution is 2.12. The quantitative estimate of drug-likeness (QED) is 0.781. The molecule has 0 aliphatic heterocycles. The average Bonchev–Trinajstić information content (AvgIpc) is 2.39. The molecule has 0 amide bonds. The van der Waals surface area contributed by atoms with Gasteiger partial charge < -0.3 is 5.73 Å². The summed E-state index contributed by atoms with van der Waals surface area (Å²) >= 11 is 4.74. The molecule has 2 aromatic rings. The van der Waals surface area contributed by atoms with Gasteiger partial charge in [0.25, 0.3) is 10.0 Å². The van der Waals surface area contributed by atoms with Crippen LogP contribution in [0.25, 0.3) is 0 Å². The number of sulfonamides is 1. The van der Waals surface area contributed by atoms with Crippen LogP contribution < -0.4 is 10.5 Å². The van der Waals surface area contributed by atoms with Crippen molar-refractivity contribution in [3.8, 4) is 0 Å². The molecule has 2 aromatic heterocycles. The zero-order valence-corrected chi connectivity index (χ0v) is 11.1. The molecular weight excluding hydrogens is 286 g/mol. The highest BCUT2D eigenvalue weighted by atomic mass is 32.2. The summed E-state index contributed by atoms with van der Waals surface area (Å²) in [6, 6.07) is 5.86. The summed E-state index contributed by atoms with van der Waals surface area (Å²) in [5.41, 5.74) is 5.74. The molecule has 0 unspecified atom stereocenters. The predicted molar refractivity (Wildman–Crippen MR) is 73.0 cm³/mol. The minimum absolute atomic E-state index is 0.0156. The van der Waals surface area contributed by atoms with Crippen LogP contribution in [0.1, 0.15) is 5.69 Å². The summed E-state index contributed by atoms with van der Waals surface area (Å²) in [5, 5.41) is 7.21. The highest BCUT2D eigenvalue weighted by Gasteiger charge is 2.15. The lowest BCUT2D eigenvalue weighted by atomic mass is 10.3. The lowest BCUT2D eigenvalue weighted by molar-refractivity contribution is 0.600. The third-order valence-corrected chi connectivity index (χ3v) is 3.66. The van der Waals surface area contributed by atoms with E-state index in [1.807, 2.05) is 0 Å². The summed E-state index contributed by atoms with van der Waals surface area (Å²) in [7, 11) is -3.75. The minimum atomic E-state index is -3.75.